The molecule has 2 aromatic rings. The number of benzene rings is 1. The molecule has 16 heavy (non-hydrogen) atoms. The molecule has 1 aromatic carbocycles. The molecule has 1 unspecified atom stereocenters. The lowest BCUT2D eigenvalue weighted by molar-refractivity contribution is -0.137. The molecule has 0 fully saturated rings. The van der Waals surface area contributed by atoms with Gasteiger partial charge in [0, 0.05) is 11.6 Å². The summed E-state index contributed by atoms with van der Waals surface area (Å²) in [6.45, 7) is 1.91. The van der Waals surface area contributed by atoms with Gasteiger partial charge in [0.1, 0.15) is 0 Å². The van der Waals surface area contributed by atoms with Crippen LogP contribution in [0, 0.1) is 0 Å². The first kappa shape index (κ1) is 10.6. The molecule has 2 rings (SSSR count). The molecule has 1 aromatic heterocycles. The van der Waals surface area contributed by atoms with E-state index in [0.717, 1.165) is 16.5 Å². The second-order valence-corrected chi connectivity index (χ2v) is 3.92. The van der Waals surface area contributed by atoms with E-state index in [0.29, 0.717) is 0 Å². The van der Waals surface area contributed by atoms with Gasteiger partial charge in [-0.05, 0) is 17.5 Å². The molecule has 3 nitrogen and oxygen atoms in total. The minimum absolute atomic E-state index is 0.0175. The molecular formula is C13H13NO2. The van der Waals surface area contributed by atoms with Crippen molar-refractivity contribution in [1.29, 1.82) is 0 Å². The zero-order valence-corrected chi connectivity index (χ0v) is 9.05. The number of hydrogen-bond acceptors (Lipinski definition) is 2. The van der Waals surface area contributed by atoms with Crippen LogP contribution in [0.15, 0.2) is 36.5 Å². The fraction of sp³-hybridized carbons (Fsp3) is 0.231. The van der Waals surface area contributed by atoms with Crippen LogP contribution >= 0.6 is 0 Å². The van der Waals surface area contributed by atoms with Gasteiger partial charge >= 0.3 is 5.97 Å². The average Bonchev–Trinajstić information content (AvgIpc) is 2.27. The molecule has 0 bridgehead atoms. The number of para-hydroxylation sites is 1. The quantitative estimate of drug-likeness (QED) is 0.856. The van der Waals surface area contributed by atoms with Crippen molar-refractivity contribution in [3.05, 3.63) is 42.1 Å². The summed E-state index contributed by atoms with van der Waals surface area (Å²) >= 11 is 0. The van der Waals surface area contributed by atoms with E-state index in [1.165, 1.54) is 0 Å². The highest BCUT2D eigenvalue weighted by Gasteiger charge is 2.13. The van der Waals surface area contributed by atoms with E-state index in [-0.39, 0.29) is 12.3 Å². The smallest absolute Gasteiger partial charge is 0.303 e. The highest BCUT2D eigenvalue weighted by Crippen LogP contribution is 2.25. The number of aliphatic carboxylic acids is 1. The van der Waals surface area contributed by atoms with Gasteiger partial charge in [0.05, 0.1) is 11.9 Å². The molecule has 0 aliphatic rings. The van der Waals surface area contributed by atoms with Crippen molar-refractivity contribution >= 4 is 16.9 Å². The largest absolute Gasteiger partial charge is 0.481 e. The lowest BCUT2D eigenvalue weighted by atomic mass is 9.95. The number of carbonyl (C=O) groups is 1. The number of carboxylic acid groups (broad SMARTS) is 1. The van der Waals surface area contributed by atoms with Crippen molar-refractivity contribution in [2.24, 2.45) is 0 Å². The van der Waals surface area contributed by atoms with E-state index in [4.69, 9.17) is 5.11 Å². The molecule has 0 radical (unpaired) electrons. The van der Waals surface area contributed by atoms with E-state index in [9.17, 15) is 4.79 Å². The maximum atomic E-state index is 10.7. The minimum Gasteiger partial charge on any atom is -0.481 e. The number of hydrogen-bond donors (Lipinski definition) is 1. The van der Waals surface area contributed by atoms with Crippen molar-refractivity contribution in [2.75, 3.05) is 0 Å². The van der Waals surface area contributed by atoms with Gasteiger partial charge in [-0.1, -0.05) is 31.2 Å². The molecule has 0 saturated carbocycles. The fourth-order valence-corrected chi connectivity index (χ4v) is 1.90. The third-order valence-corrected chi connectivity index (χ3v) is 2.68. The average molecular weight is 215 g/mol. The number of rotatable bonds is 3. The standard InChI is InChI=1S/C13H13NO2/c1-9(8-12(15)16)11-6-2-4-10-5-3-7-14-13(10)11/h2-7,9H,8H2,1H3,(H,15,16). The van der Waals surface area contributed by atoms with Crippen LogP contribution in [0.2, 0.25) is 0 Å². The first-order chi connectivity index (χ1) is 7.68. The Bertz CT molecular complexity index is 517. The fourth-order valence-electron chi connectivity index (χ4n) is 1.90. The number of pyridine rings is 1. The summed E-state index contributed by atoms with van der Waals surface area (Å²) in [5, 5.41) is 9.85. The van der Waals surface area contributed by atoms with Crippen molar-refractivity contribution in [1.82, 2.24) is 4.98 Å². The highest BCUT2D eigenvalue weighted by molar-refractivity contribution is 5.82. The zero-order chi connectivity index (χ0) is 11.5. The molecule has 0 saturated heterocycles. The molecule has 3 heteroatoms. The van der Waals surface area contributed by atoms with Crippen molar-refractivity contribution in [3.63, 3.8) is 0 Å². The summed E-state index contributed by atoms with van der Waals surface area (Å²) in [6.07, 6.45) is 1.87. The number of aromatic nitrogens is 1. The third-order valence-electron chi connectivity index (χ3n) is 2.68. The van der Waals surface area contributed by atoms with Gasteiger partial charge in [-0.2, -0.15) is 0 Å². The summed E-state index contributed by atoms with van der Waals surface area (Å²) in [5.74, 6) is -0.795. The van der Waals surface area contributed by atoms with Crippen LogP contribution in [0.1, 0.15) is 24.8 Å². The Labute approximate surface area is 93.7 Å². The topological polar surface area (TPSA) is 50.2 Å². The molecular weight excluding hydrogens is 202 g/mol. The molecule has 0 aliphatic heterocycles. The van der Waals surface area contributed by atoms with Gasteiger partial charge in [-0.25, -0.2) is 0 Å². The normalized spacial score (nSPS) is 12.6. The Balaban J connectivity index is 2.47. The molecule has 0 spiro atoms. The second kappa shape index (κ2) is 4.31. The minimum atomic E-state index is -0.777. The molecule has 0 aliphatic carbocycles. The maximum Gasteiger partial charge on any atom is 0.303 e. The highest BCUT2D eigenvalue weighted by atomic mass is 16.4. The number of nitrogens with zero attached hydrogens (tertiary/aromatic N) is 1. The van der Waals surface area contributed by atoms with Gasteiger partial charge in [0.2, 0.25) is 0 Å². The monoisotopic (exact) mass is 215 g/mol. The van der Waals surface area contributed by atoms with Gasteiger partial charge in [-0.3, -0.25) is 9.78 Å². The summed E-state index contributed by atoms with van der Waals surface area (Å²) in [6, 6.07) is 9.74. The molecule has 1 atom stereocenters. The Morgan fingerprint density at radius 2 is 2.12 bits per heavy atom. The van der Waals surface area contributed by atoms with Crippen molar-refractivity contribution in [2.45, 2.75) is 19.3 Å². The van der Waals surface area contributed by atoms with E-state index in [1.807, 2.05) is 37.3 Å². The van der Waals surface area contributed by atoms with Gasteiger partial charge in [0.25, 0.3) is 0 Å². The van der Waals surface area contributed by atoms with Crippen LogP contribution < -0.4 is 0 Å². The predicted octanol–water partition coefficient (Wildman–Crippen LogP) is 2.81. The Morgan fingerprint density at radius 1 is 1.38 bits per heavy atom. The predicted molar refractivity (Wildman–Crippen MR) is 62.4 cm³/mol. The summed E-state index contributed by atoms with van der Waals surface area (Å²) in [4.78, 5) is 15.0. The van der Waals surface area contributed by atoms with Crippen LogP contribution in [0.3, 0.4) is 0 Å². The van der Waals surface area contributed by atoms with Crippen LogP contribution in [-0.2, 0) is 4.79 Å². The summed E-state index contributed by atoms with van der Waals surface area (Å²) in [7, 11) is 0. The van der Waals surface area contributed by atoms with E-state index < -0.39 is 5.97 Å². The summed E-state index contributed by atoms with van der Waals surface area (Å²) in [5.41, 5.74) is 1.90. The molecule has 82 valence electrons. The summed E-state index contributed by atoms with van der Waals surface area (Å²) < 4.78 is 0. The van der Waals surface area contributed by atoms with E-state index in [1.54, 1.807) is 6.20 Å². The lowest BCUT2D eigenvalue weighted by Crippen LogP contribution is -2.03. The Morgan fingerprint density at radius 3 is 2.88 bits per heavy atom. The Hall–Kier alpha value is -1.90. The lowest BCUT2D eigenvalue weighted by Gasteiger charge is -2.11. The van der Waals surface area contributed by atoms with Crippen LogP contribution in [0.25, 0.3) is 10.9 Å². The van der Waals surface area contributed by atoms with Crippen LogP contribution in [0.5, 0.6) is 0 Å². The maximum absolute atomic E-state index is 10.7. The third kappa shape index (κ3) is 2.03. The number of fused-ring (bicyclic) bond motifs is 1. The van der Waals surface area contributed by atoms with E-state index >= 15 is 0 Å². The molecule has 0 amide bonds. The van der Waals surface area contributed by atoms with Gasteiger partial charge in [0.15, 0.2) is 0 Å². The molecule has 1 N–H and O–H groups in total. The zero-order valence-electron chi connectivity index (χ0n) is 9.05. The van der Waals surface area contributed by atoms with Gasteiger partial charge < -0.3 is 5.11 Å². The van der Waals surface area contributed by atoms with E-state index in [2.05, 4.69) is 4.98 Å². The van der Waals surface area contributed by atoms with Crippen molar-refractivity contribution in [3.8, 4) is 0 Å². The second-order valence-electron chi connectivity index (χ2n) is 3.92. The Kier molecular flexibility index (Phi) is 2.86. The van der Waals surface area contributed by atoms with Crippen molar-refractivity contribution < 1.29 is 9.90 Å². The van der Waals surface area contributed by atoms with Crippen LogP contribution in [-0.4, -0.2) is 16.1 Å². The first-order valence-corrected chi connectivity index (χ1v) is 5.24. The SMILES string of the molecule is CC(CC(=O)O)c1cccc2cccnc12. The molecule has 1 heterocycles. The van der Waals surface area contributed by atoms with Gasteiger partial charge in [-0.15, -0.1) is 0 Å². The van der Waals surface area contributed by atoms with Crippen LogP contribution in [0.4, 0.5) is 0 Å². The number of carboxylic acids is 1. The first-order valence-electron chi connectivity index (χ1n) is 5.24.